The van der Waals surface area contributed by atoms with Gasteiger partial charge in [-0.3, -0.25) is 5.10 Å². The summed E-state index contributed by atoms with van der Waals surface area (Å²) in [6.45, 7) is 7.23. The molecule has 132 valence electrons. The molecule has 4 nitrogen and oxygen atoms in total. The van der Waals surface area contributed by atoms with Gasteiger partial charge in [0.1, 0.15) is 0 Å². The van der Waals surface area contributed by atoms with Gasteiger partial charge in [-0.25, -0.2) is 0 Å². The van der Waals surface area contributed by atoms with E-state index in [1.54, 1.807) is 0 Å². The van der Waals surface area contributed by atoms with Crippen molar-refractivity contribution in [2.75, 3.05) is 32.7 Å². The van der Waals surface area contributed by atoms with E-state index in [0.717, 1.165) is 52.0 Å². The van der Waals surface area contributed by atoms with Crippen LogP contribution < -0.4 is 5.32 Å². The summed E-state index contributed by atoms with van der Waals surface area (Å²) < 4.78 is 38.0. The van der Waals surface area contributed by atoms with Crippen molar-refractivity contribution in [1.82, 2.24) is 20.4 Å². The van der Waals surface area contributed by atoms with Crippen LogP contribution in [0, 0.1) is 5.41 Å². The number of nitrogens with zero attached hydrogens (tertiary/aromatic N) is 2. The van der Waals surface area contributed by atoms with Crippen LogP contribution in [0.2, 0.25) is 0 Å². The van der Waals surface area contributed by atoms with Crippen LogP contribution in [0.1, 0.15) is 43.5 Å². The van der Waals surface area contributed by atoms with Crippen molar-refractivity contribution >= 4 is 12.4 Å². The Kier molecular flexibility index (Phi) is 5.63. The van der Waals surface area contributed by atoms with Crippen LogP contribution in [0.5, 0.6) is 0 Å². The first-order chi connectivity index (χ1) is 10.4. The summed E-state index contributed by atoms with van der Waals surface area (Å²) in [5.41, 5.74) is 0.0887. The van der Waals surface area contributed by atoms with Crippen molar-refractivity contribution in [3.63, 3.8) is 0 Å². The zero-order chi connectivity index (χ0) is 15.8. The van der Waals surface area contributed by atoms with E-state index in [-0.39, 0.29) is 23.7 Å². The molecule has 0 bridgehead atoms. The van der Waals surface area contributed by atoms with Gasteiger partial charge in [0.2, 0.25) is 0 Å². The molecule has 23 heavy (non-hydrogen) atoms. The molecule has 2 aliphatic rings. The first kappa shape index (κ1) is 18.5. The average molecular weight is 353 g/mol. The van der Waals surface area contributed by atoms with E-state index in [4.69, 9.17) is 0 Å². The van der Waals surface area contributed by atoms with E-state index in [9.17, 15) is 13.2 Å². The third kappa shape index (κ3) is 4.39. The van der Waals surface area contributed by atoms with E-state index in [1.807, 2.05) is 0 Å². The summed E-state index contributed by atoms with van der Waals surface area (Å²) in [6, 6.07) is 1.17. The number of nitrogens with one attached hydrogen (secondary N) is 2. The van der Waals surface area contributed by atoms with Crippen molar-refractivity contribution in [2.45, 2.75) is 38.3 Å². The molecular formula is C15H24ClF3N4. The van der Waals surface area contributed by atoms with E-state index in [0.29, 0.717) is 5.69 Å². The van der Waals surface area contributed by atoms with Crippen LogP contribution >= 0.6 is 12.4 Å². The zero-order valence-corrected chi connectivity index (χ0v) is 14.1. The molecule has 2 atom stereocenters. The maximum absolute atomic E-state index is 12.7. The number of rotatable bonds is 3. The van der Waals surface area contributed by atoms with Crippen LogP contribution in [0.4, 0.5) is 13.2 Å². The standard InChI is InChI=1S/C15H23F3N4.ClH/c1-14(4-5-19-9-14)10-22-6-2-3-11(8-22)12-7-13(21-20-12)15(16,17)18;/h7,11,19H,2-6,8-10H2,1H3,(H,20,21);1H. The van der Waals surface area contributed by atoms with E-state index >= 15 is 0 Å². The molecule has 0 aromatic carbocycles. The Morgan fingerprint density at radius 2 is 2.22 bits per heavy atom. The van der Waals surface area contributed by atoms with Crippen molar-refractivity contribution in [3.05, 3.63) is 17.5 Å². The Labute approximate surface area is 140 Å². The minimum atomic E-state index is -4.37. The van der Waals surface area contributed by atoms with Crippen molar-refractivity contribution in [2.24, 2.45) is 5.41 Å². The lowest BCUT2D eigenvalue weighted by Gasteiger charge is -2.37. The molecule has 8 heteroatoms. The van der Waals surface area contributed by atoms with Crippen molar-refractivity contribution in [1.29, 1.82) is 0 Å². The molecule has 3 rings (SSSR count). The van der Waals surface area contributed by atoms with Gasteiger partial charge in [-0.2, -0.15) is 18.3 Å². The van der Waals surface area contributed by atoms with Crippen LogP contribution in [0.25, 0.3) is 0 Å². The minimum Gasteiger partial charge on any atom is -0.316 e. The number of piperidine rings is 1. The average Bonchev–Trinajstić information content (AvgIpc) is 3.07. The predicted molar refractivity (Wildman–Crippen MR) is 84.8 cm³/mol. The highest BCUT2D eigenvalue weighted by Crippen LogP contribution is 2.33. The SMILES string of the molecule is CC1(CN2CCCC(c3cc(C(F)(F)F)n[nH]3)C2)CCNC1.Cl. The summed E-state index contributed by atoms with van der Waals surface area (Å²) in [6.07, 6.45) is -1.26. The van der Waals surface area contributed by atoms with Gasteiger partial charge < -0.3 is 10.2 Å². The summed E-state index contributed by atoms with van der Waals surface area (Å²) in [5.74, 6) is 0.121. The molecule has 3 heterocycles. The van der Waals surface area contributed by atoms with Gasteiger partial charge in [0, 0.05) is 31.2 Å². The second-order valence-electron chi connectivity index (χ2n) is 7.02. The lowest BCUT2D eigenvalue weighted by Crippen LogP contribution is -2.42. The molecule has 1 aromatic rings. The fourth-order valence-corrected chi connectivity index (χ4v) is 3.69. The minimum absolute atomic E-state index is 0. The highest BCUT2D eigenvalue weighted by atomic mass is 35.5. The Balaban J connectivity index is 0.00000192. The van der Waals surface area contributed by atoms with Gasteiger partial charge in [0.15, 0.2) is 5.69 Å². The number of alkyl halides is 3. The third-order valence-corrected chi connectivity index (χ3v) is 4.90. The molecule has 0 spiro atoms. The van der Waals surface area contributed by atoms with Gasteiger partial charge in [-0.05, 0) is 43.8 Å². The number of H-pyrrole nitrogens is 1. The number of aromatic nitrogens is 2. The first-order valence-corrected chi connectivity index (χ1v) is 7.91. The summed E-state index contributed by atoms with van der Waals surface area (Å²) in [5, 5.41) is 9.42. The summed E-state index contributed by atoms with van der Waals surface area (Å²) in [7, 11) is 0. The van der Waals surface area contributed by atoms with E-state index in [2.05, 4.69) is 27.3 Å². The number of likely N-dealkylation sites (tertiary alicyclic amines) is 1. The summed E-state index contributed by atoms with van der Waals surface area (Å²) in [4.78, 5) is 2.40. The van der Waals surface area contributed by atoms with Crippen molar-refractivity contribution < 1.29 is 13.2 Å². The Bertz CT molecular complexity index is 511. The third-order valence-electron chi connectivity index (χ3n) is 4.90. The second-order valence-corrected chi connectivity index (χ2v) is 7.02. The molecule has 0 saturated carbocycles. The molecule has 2 unspecified atom stereocenters. The van der Waals surface area contributed by atoms with Gasteiger partial charge in [0.05, 0.1) is 0 Å². The molecule has 2 aliphatic heterocycles. The Morgan fingerprint density at radius 1 is 1.43 bits per heavy atom. The summed E-state index contributed by atoms with van der Waals surface area (Å²) >= 11 is 0. The van der Waals surface area contributed by atoms with Crippen molar-refractivity contribution in [3.8, 4) is 0 Å². The van der Waals surface area contributed by atoms with Crippen LogP contribution in [-0.2, 0) is 6.18 Å². The molecule has 1 aromatic heterocycles. The number of hydrogen-bond donors (Lipinski definition) is 2. The van der Waals surface area contributed by atoms with E-state index in [1.165, 1.54) is 6.07 Å². The highest BCUT2D eigenvalue weighted by molar-refractivity contribution is 5.85. The van der Waals surface area contributed by atoms with Gasteiger partial charge in [-0.1, -0.05) is 6.92 Å². The lowest BCUT2D eigenvalue weighted by molar-refractivity contribution is -0.141. The second kappa shape index (κ2) is 6.99. The molecule has 2 saturated heterocycles. The smallest absolute Gasteiger partial charge is 0.316 e. The fraction of sp³-hybridized carbons (Fsp3) is 0.800. The van der Waals surface area contributed by atoms with Gasteiger partial charge in [-0.15, -0.1) is 12.4 Å². The monoisotopic (exact) mass is 352 g/mol. The zero-order valence-electron chi connectivity index (χ0n) is 13.2. The van der Waals surface area contributed by atoms with Gasteiger partial charge in [0.25, 0.3) is 0 Å². The predicted octanol–water partition coefficient (Wildman–Crippen LogP) is 3.03. The number of halogens is 4. The molecule has 0 radical (unpaired) electrons. The maximum atomic E-state index is 12.7. The molecular weight excluding hydrogens is 329 g/mol. The molecule has 2 fully saturated rings. The topological polar surface area (TPSA) is 44.0 Å². The van der Waals surface area contributed by atoms with Crippen LogP contribution in [0.15, 0.2) is 6.07 Å². The Morgan fingerprint density at radius 3 is 2.83 bits per heavy atom. The fourth-order valence-electron chi connectivity index (χ4n) is 3.69. The number of hydrogen-bond acceptors (Lipinski definition) is 3. The molecule has 0 amide bonds. The quantitative estimate of drug-likeness (QED) is 0.878. The van der Waals surface area contributed by atoms with Crippen LogP contribution in [0.3, 0.4) is 0 Å². The molecule has 0 aliphatic carbocycles. The maximum Gasteiger partial charge on any atom is 0.435 e. The Hall–Kier alpha value is -0.790. The first-order valence-electron chi connectivity index (χ1n) is 7.91. The van der Waals surface area contributed by atoms with E-state index < -0.39 is 11.9 Å². The number of aromatic amines is 1. The van der Waals surface area contributed by atoms with Gasteiger partial charge >= 0.3 is 6.18 Å². The van der Waals surface area contributed by atoms with Crippen LogP contribution in [-0.4, -0.2) is 47.8 Å². The normalized spacial score (nSPS) is 29.5. The lowest BCUT2D eigenvalue weighted by atomic mass is 9.87. The largest absolute Gasteiger partial charge is 0.435 e. The highest BCUT2D eigenvalue weighted by Gasteiger charge is 2.36. The molecule has 2 N–H and O–H groups in total.